The zero-order valence-electron chi connectivity index (χ0n) is 10.8. The number of carbonyl (C=O) groups is 2. The lowest BCUT2D eigenvalue weighted by molar-refractivity contribution is -0.150. The number of nitrogens with zero attached hydrogens (tertiary/aromatic N) is 1. The smallest absolute Gasteiger partial charge is 0.327 e. The van der Waals surface area contributed by atoms with Crippen LogP contribution >= 0.6 is 11.8 Å². The number of piperidine rings is 1. The summed E-state index contributed by atoms with van der Waals surface area (Å²) in [5.74, 6) is 0.0252. The molecular weight excluding hydrogens is 252 g/mol. The molecule has 18 heavy (non-hydrogen) atoms. The lowest BCUT2D eigenvalue weighted by Crippen LogP contribution is -2.58. The molecule has 0 bridgehead atoms. The van der Waals surface area contributed by atoms with Crippen molar-refractivity contribution >= 4 is 23.6 Å². The van der Waals surface area contributed by atoms with Crippen LogP contribution in [-0.4, -0.2) is 52.1 Å². The van der Waals surface area contributed by atoms with Gasteiger partial charge in [0.2, 0.25) is 5.91 Å². The van der Waals surface area contributed by atoms with E-state index >= 15 is 0 Å². The van der Waals surface area contributed by atoms with E-state index < -0.39 is 12.0 Å². The number of thioether (sulfide) groups is 1. The van der Waals surface area contributed by atoms with Crippen LogP contribution in [0.2, 0.25) is 0 Å². The van der Waals surface area contributed by atoms with E-state index in [0.717, 1.165) is 19.4 Å². The normalized spacial score (nSPS) is 31.3. The minimum absolute atomic E-state index is 0.0582. The fraction of sp³-hybridized carbons (Fsp3) is 0.833. The first-order valence-corrected chi connectivity index (χ1v) is 7.43. The summed E-state index contributed by atoms with van der Waals surface area (Å²) in [6.45, 7) is 4.97. The maximum atomic E-state index is 12.5. The Balaban J connectivity index is 2.12. The zero-order valence-corrected chi connectivity index (χ0v) is 11.6. The van der Waals surface area contributed by atoms with Gasteiger partial charge in [0, 0.05) is 5.75 Å². The van der Waals surface area contributed by atoms with E-state index in [1.165, 1.54) is 16.7 Å². The second-order valence-corrected chi connectivity index (χ2v) is 6.64. The summed E-state index contributed by atoms with van der Waals surface area (Å²) in [7, 11) is 0. The highest BCUT2D eigenvalue weighted by Crippen LogP contribution is 2.33. The van der Waals surface area contributed by atoms with Gasteiger partial charge in [0.1, 0.15) is 6.04 Å². The number of carbonyl (C=O) groups excluding carboxylic acids is 1. The molecule has 2 fully saturated rings. The fourth-order valence-corrected chi connectivity index (χ4v) is 3.82. The van der Waals surface area contributed by atoms with Crippen molar-refractivity contribution in [3.8, 4) is 0 Å². The molecule has 0 aliphatic carbocycles. The Kier molecular flexibility index (Phi) is 3.87. The Morgan fingerprint density at radius 2 is 2.17 bits per heavy atom. The van der Waals surface area contributed by atoms with Crippen LogP contribution in [0.3, 0.4) is 0 Å². The first-order valence-electron chi connectivity index (χ1n) is 6.28. The summed E-state index contributed by atoms with van der Waals surface area (Å²) in [6, 6.07) is -0.922. The minimum atomic E-state index is -0.901. The third-order valence-corrected chi connectivity index (χ3v) is 4.84. The number of amides is 1. The third-order valence-electron chi connectivity index (χ3n) is 3.83. The van der Waals surface area contributed by atoms with Crippen LogP contribution in [0.25, 0.3) is 0 Å². The lowest BCUT2D eigenvalue weighted by atomic mass is 9.77. The Bertz CT molecular complexity index is 359. The highest BCUT2D eigenvalue weighted by Gasteiger charge is 2.43. The number of aliphatic carboxylic acids is 1. The number of carboxylic acids is 1. The third kappa shape index (κ3) is 2.49. The van der Waals surface area contributed by atoms with E-state index in [1.54, 1.807) is 0 Å². The summed E-state index contributed by atoms with van der Waals surface area (Å²) in [4.78, 5) is 25.2. The van der Waals surface area contributed by atoms with Crippen LogP contribution in [0.15, 0.2) is 0 Å². The van der Waals surface area contributed by atoms with E-state index in [-0.39, 0.29) is 17.4 Å². The largest absolute Gasteiger partial charge is 0.480 e. The number of hydrogen-bond donors (Lipinski definition) is 2. The van der Waals surface area contributed by atoms with Crippen molar-refractivity contribution in [2.45, 2.75) is 38.8 Å². The van der Waals surface area contributed by atoms with Crippen molar-refractivity contribution in [1.82, 2.24) is 10.2 Å². The predicted molar refractivity (Wildman–Crippen MR) is 70.4 cm³/mol. The Labute approximate surface area is 111 Å². The van der Waals surface area contributed by atoms with E-state index in [4.69, 9.17) is 5.11 Å². The number of rotatable bonds is 2. The van der Waals surface area contributed by atoms with Gasteiger partial charge in [-0.3, -0.25) is 4.79 Å². The van der Waals surface area contributed by atoms with Crippen molar-refractivity contribution in [3.63, 3.8) is 0 Å². The van der Waals surface area contributed by atoms with Crippen molar-refractivity contribution in [3.05, 3.63) is 0 Å². The van der Waals surface area contributed by atoms with E-state index in [1.807, 2.05) is 0 Å². The van der Waals surface area contributed by atoms with Gasteiger partial charge < -0.3 is 15.3 Å². The first-order chi connectivity index (χ1) is 8.43. The molecule has 102 valence electrons. The van der Waals surface area contributed by atoms with Crippen LogP contribution in [0.4, 0.5) is 0 Å². The molecule has 2 atom stereocenters. The second kappa shape index (κ2) is 5.09. The standard InChI is InChI=1S/C12H20N2O3S/c1-12(2)4-3-5-13-9(12)10(15)14-7-18-6-8(14)11(16)17/h8-9,13H,3-7H2,1-2H3,(H,16,17). The molecule has 0 aromatic rings. The zero-order chi connectivity index (χ0) is 13.3. The molecule has 2 heterocycles. The molecule has 2 aliphatic heterocycles. The Morgan fingerprint density at radius 1 is 1.44 bits per heavy atom. The minimum Gasteiger partial charge on any atom is -0.480 e. The monoisotopic (exact) mass is 272 g/mol. The average molecular weight is 272 g/mol. The highest BCUT2D eigenvalue weighted by atomic mass is 32.2. The van der Waals surface area contributed by atoms with Gasteiger partial charge in [-0.1, -0.05) is 13.8 Å². The SMILES string of the molecule is CC1(C)CCCNC1C(=O)N1CSCC1C(=O)O. The molecular formula is C12H20N2O3S. The van der Waals surface area contributed by atoms with Gasteiger partial charge >= 0.3 is 5.97 Å². The quantitative estimate of drug-likeness (QED) is 0.776. The predicted octanol–water partition coefficient (Wildman–Crippen LogP) is 0.751. The summed E-state index contributed by atoms with van der Waals surface area (Å²) in [6.07, 6.45) is 2.06. The summed E-state index contributed by atoms with van der Waals surface area (Å²) in [5, 5.41) is 12.4. The molecule has 0 aromatic carbocycles. The molecule has 0 spiro atoms. The maximum absolute atomic E-state index is 12.5. The van der Waals surface area contributed by atoms with Gasteiger partial charge in [-0.25, -0.2) is 4.79 Å². The molecule has 0 saturated carbocycles. The number of carboxylic acid groups (broad SMARTS) is 1. The lowest BCUT2D eigenvalue weighted by Gasteiger charge is -2.40. The van der Waals surface area contributed by atoms with E-state index in [0.29, 0.717) is 11.6 Å². The molecule has 2 unspecified atom stereocenters. The van der Waals surface area contributed by atoms with Crippen molar-refractivity contribution in [1.29, 1.82) is 0 Å². The fourth-order valence-electron chi connectivity index (χ4n) is 2.66. The van der Waals surface area contributed by atoms with Crippen molar-refractivity contribution in [2.75, 3.05) is 18.2 Å². The molecule has 1 amide bonds. The van der Waals surface area contributed by atoms with Crippen LogP contribution in [0.5, 0.6) is 0 Å². The first kappa shape index (κ1) is 13.7. The van der Waals surface area contributed by atoms with Gasteiger partial charge in [-0.2, -0.15) is 0 Å². The van der Waals surface area contributed by atoms with Crippen LogP contribution in [0.1, 0.15) is 26.7 Å². The molecule has 5 nitrogen and oxygen atoms in total. The average Bonchev–Trinajstić information content (AvgIpc) is 2.76. The number of hydrogen-bond acceptors (Lipinski definition) is 4. The summed E-state index contributed by atoms with van der Waals surface area (Å²) < 4.78 is 0. The maximum Gasteiger partial charge on any atom is 0.327 e. The highest BCUT2D eigenvalue weighted by molar-refractivity contribution is 7.99. The molecule has 6 heteroatoms. The van der Waals surface area contributed by atoms with Crippen LogP contribution in [0, 0.1) is 5.41 Å². The summed E-state index contributed by atoms with van der Waals surface area (Å²) >= 11 is 1.51. The van der Waals surface area contributed by atoms with Crippen LogP contribution in [-0.2, 0) is 9.59 Å². The molecule has 2 rings (SSSR count). The molecule has 2 aliphatic rings. The van der Waals surface area contributed by atoms with Gasteiger partial charge in [-0.15, -0.1) is 11.8 Å². The van der Waals surface area contributed by atoms with Gasteiger partial charge in [0.25, 0.3) is 0 Å². The number of nitrogens with one attached hydrogen (secondary N) is 1. The van der Waals surface area contributed by atoms with Gasteiger partial charge in [-0.05, 0) is 24.8 Å². The molecule has 0 aromatic heterocycles. The molecule has 0 radical (unpaired) electrons. The summed E-state index contributed by atoms with van der Waals surface area (Å²) in [5.41, 5.74) is -0.106. The Morgan fingerprint density at radius 3 is 2.78 bits per heavy atom. The molecule has 2 saturated heterocycles. The van der Waals surface area contributed by atoms with Crippen molar-refractivity contribution < 1.29 is 14.7 Å². The molecule has 2 N–H and O–H groups in total. The topological polar surface area (TPSA) is 69.6 Å². The van der Waals surface area contributed by atoms with Crippen molar-refractivity contribution in [2.24, 2.45) is 5.41 Å². The van der Waals surface area contributed by atoms with E-state index in [9.17, 15) is 9.59 Å². The van der Waals surface area contributed by atoms with Crippen LogP contribution < -0.4 is 5.32 Å². The van der Waals surface area contributed by atoms with E-state index in [2.05, 4.69) is 19.2 Å². The Hall–Kier alpha value is -0.750. The van der Waals surface area contributed by atoms with Gasteiger partial charge in [0.05, 0.1) is 11.9 Å². The van der Waals surface area contributed by atoms with Gasteiger partial charge in [0.15, 0.2) is 0 Å². The second-order valence-electron chi connectivity index (χ2n) is 5.64.